The van der Waals surface area contributed by atoms with Crippen LogP contribution in [0.15, 0.2) is 188 Å². The number of ether oxygens (including phenoxy) is 1. The standard InChI is InChI=1S/C69H67N5OSi/c1-67(2,3)46-34-35-70-65(40-46)74-62-33-30-50(73-60-27-15-13-24-56(60)57-25-14-16-28-61(57)73)42-59(62)58-32-31-53(43-64(58)74)75-52-22-18-21-49(41-52)71-44-72(51-38-47(68(4,5)6)37-48(39-51)69(7,8)9)66-55(26-19-29-63(66)71)45-20-17-23-54(36-45)76(10,11)12/h13-43H,1-12H3/q+2. The average Bonchev–Trinajstić information content (AvgIpc) is 4.09. The summed E-state index contributed by atoms with van der Waals surface area (Å²) in [7, 11) is -1.61. The van der Waals surface area contributed by atoms with Crippen LogP contribution in [-0.2, 0) is 16.2 Å². The Bertz CT molecular complexity index is 4140. The van der Waals surface area contributed by atoms with Gasteiger partial charge in [-0.3, -0.25) is 4.57 Å². The van der Waals surface area contributed by atoms with Gasteiger partial charge in [0.05, 0.1) is 41.8 Å². The van der Waals surface area contributed by atoms with Crippen molar-refractivity contribution in [3.8, 4) is 34.1 Å². The number of hydrogen-bond acceptors (Lipinski definition) is 2. The zero-order valence-corrected chi connectivity index (χ0v) is 47.0. The van der Waals surface area contributed by atoms with Crippen molar-refractivity contribution in [2.75, 3.05) is 0 Å². The largest absolute Gasteiger partial charge is 0.503 e. The third kappa shape index (κ3) is 8.58. The summed E-state index contributed by atoms with van der Waals surface area (Å²) in [4.78, 5) is 5.04. The van der Waals surface area contributed by atoms with E-state index in [-0.39, 0.29) is 16.2 Å². The van der Waals surface area contributed by atoms with Gasteiger partial charge >= 0.3 is 11.7 Å². The molecule has 0 atom stereocenters. The number of fused-ring (bicyclic) bond motifs is 7. The molecule has 376 valence electrons. The number of para-hydroxylation sites is 3. The maximum absolute atomic E-state index is 6.97. The lowest BCUT2D eigenvalue weighted by atomic mass is 9.80. The number of pyridine rings is 1. The second kappa shape index (κ2) is 17.8. The third-order valence-electron chi connectivity index (χ3n) is 15.3. The maximum Gasteiger partial charge on any atom is 0.503 e. The molecule has 0 amide bonds. The molecule has 76 heavy (non-hydrogen) atoms. The molecule has 0 saturated carbocycles. The van der Waals surface area contributed by atoms with E-state index < -0.39 is 8.07 Å². The average molecular weight is 1010 g/mol. The molecule has 11 aromatic rings. The number of rotatable bonds is 8. The fourth-order valence-corrected chi connectivity index (χ4v) is 12.2. The topological polar surface area (TPSA) is 38.0 Å². The molecule has 1 aliphatic heterocycles. The van der Waals surface area contributed by atoms with E-state index >= 15 is 0 Å². The van der Waals surface area contributed by atoms with E-state index in [1.54, 1.807) is 0 Å². The van der Waals surface area contributed by atoms with Crippen LogP contribution in [0.1, 0.15) is 79.0 Å². The highest BCUT2D eigenvalue weighted by Crippen LogP contribution is 2.46. The minimum atomic E-state index is -1.61. The van der Waals surface area contributed by atoms with Crippen LogP contribution in [0.2, 0.25) is 19.6 Å². The molecule has 0 bridgehead atoms. The summed E-state index contributed by atoms with van der Waals surface area (Å²) in [5.74, 6) is 2.33. The molecule has 0 radical (unpaired) electrons. The van der Waals surface area contributed by atoms with Crippen LogP contribution >= 0.6 is 0 Å². The molecule has 1 aliphatic rings. The molecule has 0 saturated heterocycles. The van der Waals surface area contributed by atoms with Gasteiger partial charge in [0, 0.05) is 63.8 Å². The van der Waals surface area contributed by atoms with Gasteiger partial charge < -0.3 is 9.30 Å². The second-order valence-electron chi connectivity index (χ2n) is 24.9. The van der Waals surface area contributed by atoms with E-state index in [4.69, 9.17) is 9.72 Å². The fourth-order valence-electron chi connectivity index (χ4n) is 11.0. The van der Waals surface area contributed by atoms with Crippen molar-refractivity contribution >= 4 is 85.6 Å². The molecule has 8 aromatic carbocycles. The second-order valence-corrected chi connectivity index (χ2v) is 30.0. The first-order chi connectivity index (χ1) is 36.2. The lowest BCUT2D eigenvalue weighted by molar-refractivity contribution is 0.483. The van der Waals surface area contributed by atoms with Gasteiger partial charge in [-0.15, -0.1) is 0 Å². The smallest absolute Gasteiger partial charge is 0.457 e. The van der Waals surface area contributed by atoms with Crippen molar-refractivity contribution in [2.45, 2.75) is 98.2 Å². The lowest BCUT2D eigenvalue weighted by Gasteiger charge is -2.24. The highest BCUT2D eigenvalue weighted by atomic mass is 28.3. The minimum Gasteiger partial charge on any atom is -0.457 e. The summed E-state index contributed by atoms with van der Waals surface area (Å²) in [6.45, 7) is 27.8. The molecule has 0 spiro atoms. The molecule has 3 aromatic heterocycles. The monoisotopic (exact) mass is 1010 g/mol. The summed E-state index contributed by atoms with van der Waals surface area (Å²) < 4.78 is 16.2. The van der Waals surface area contributed by atoms with E-state index in [2.05, 4.69) is 282 Å². The highest BCUT2D eigenvalue weighted by Gasteiger charge is 2.41. The maximum atomic E-state index is 6.97. The van der Waals surface area contributed by atoms with Crippen molar-refractivity contribution < 1.29 is 4.74 Å². The zero-order chi connectivity index (χ0) is 53.1. The summed E-state index contributed by atoms with van der Waals surface area (Å²) >= 11 is 0. The molecule has 4 heterocycles. The Kier molecular flexibility index (Phi) is 11.4. The molecule has 6 nitrogen and oxygen atoms in total. The van der Waals surface area contributed by atoms with Gasteiger partial charge in [0.15, 0.2) is 0 Å². The predicted octanol–water partition coefficient (Wildman–Crippen LogP) is 18.0. The van der Waals surface area contributed by atoms with Gasteiger partial charge in [0.2, 0.25) is 11.4 Å². The quantitative estimate of drug-likeness (QED) is 0.112. The molecule has 12 rings (SSSR count). The van der Waals surface area contributed by atoms with Crippen LogP contribution < -0.4 is 19.1 Å². The summed E-state index contributed by atoms with van der Waals surface area (Å²) in [6, 6.07) is 70.4. The van der Waals surface area contributed by atoms with Crippen molar-refractivity contribution in [3.05, 3.63) is 205 Å². The van der Waals surface area contributed by atoms with E-state index in [0.29, 0.717) is 0 Å². The Morgan fingerprint density at radius 1 is 0.461 bits per heavy atom. The van der Waals surface area contributed by atoms with Gasteiger partial charge in [-0.25, -0.2) is 4.98 Å². The molecular formula is C69H67N5OSi+2. The van der Waals surface area contributed by atoms with E-state index in [1.165, 1.54) is 54.8 Å². The van der Waals surface area contributed by atoms with E-state index in [9.17, 15) is 0 Å². The predicted molar refractivity (Wildman–Crippen MR) is 325 cm³/mol. The van der Waals surface area contributed by atoms with Crippen molar-refractivity contribution in [1.82, 2.24) is 23.3 Å². The Morgan fingerprint density at radius 2 is 1.09 bits per heavy atom. The Hall–Kier alpha value is -8.09. The van der Waals surface area contributed by atoms with Crippen LogP contribution in [0.25, 0.3) is 66.2 Å². The Labute approximate surface area is 448 Å². The number of aromatic nitrogens is 3. The third-order valence-corrected chi connectivity index (χ3v) is 17.4. The molecule has 7 heteroatoms. The Morgan fingerprint density at radius 3 is 1.78 bits per heavy atom. The van der Waals surface area contributed by atoms with Gasteiger partial charge in [-0.1, -0.05) is 166 Å². The first-order valence-corrected chi connectivity index (χ1v) is 30.3. The molecule has 0 N–H and O–H groups in total. The van der Waals surface area contributed by atoms with Gasteiger partial charge in [-0.05, 0) is 114 Å². The first kappa shape index (κ1) is 48.8. The number of nitrogens with zero attached hydrogens (tertiary/aromatic N) is 5. The number of benzene rings is 8. The van der Waals surface area contributed by atoms with Crippen molar-refractivity contribution in [1.29, 1.82) is 0 Å². The summed E-state index contributed by atoms with van der Waals surface area (Å²) in [5.41, 5.74) is 15.8. The molecule has 0 fully saturated rings. The van der Waals surface area contributed by atoms with Crippen LogP contribution in [0.5, 0.6) is 11.5 Å². The summed E-state index contributed by atoms with van der Waals surface area (Å²) in [6.07, 6.45) is 1.94. The van der Waals surface area contributed by atoms with E-state index in [0.717, 1.165) is 67.6 Å². The lowest BCUT2D eigenvalue weighted by Crippen LogP contribution is -2.37. The highest BCUT2D eigenvalue weighted by molar-refractivity contribution is 6.88. The molecular weight excluding hydrogens is 943 g/mol. The van der Waals surface area contributed by atoms with Crippen LogP contribution in [-0.4, -0.2) is 28.2 Å². The van der Waals surface area contributed by atoms with Crippen LogP contribution in [0.3, 0.4) is 0 Å². The minimum absolute atomic E-state index is 0.0597. The van der Waals surface area contributed by atoms with E-state index in [1.807, 2.05) is 12.3 Å². The Balaban J connectivity index is 1.00. The summed E-state index contributed by atoms with van der Waals surface area (Å²) in [5, 5.41) is 6.18. The zero-order valence-electron chi connectivity index (χ0n) is 46.0. The van der Waals surface area contributed by atoms with Crippen molar-refractivity contribution in [2.24, 2.45) is 0 Å². The van der Waals surface area contributed by atoms with Crippen LogP contribution in [0, 0.1) is 0 Å². The van der Waals surface area contributed by atoms with Gasteiger partial charge in [0.25, 0.3) is 5.69 Å². The number of hydrogen-bond donors (Lipinski definition) is 0. The fraction of sp³-hybridized carbons (Fsp3) is 0.217. The first-order valence-electron chi connectivity index (χ1n) is 26.8. The van der Waals surface area contributed by atoms with Gasteiger partial charge in [0.1, 0.15) is 17.3 Å². The SMILES string of the molecule is CC(C)(C)c1cc([N+]2=C=[N+](c3cccc(Oc4ccc5c6cc(-n7c8ccccc8c8ccccc87)ccc6n(-c6cc(C(C)(C)C)ccn6)c5c4)c3)c3cccc(-c4cccc([Si](C)(C)C)c4)c32)cc(C(C)(C)C)c1. The van der Waals surface area contributed by atoms with Gasteiger partial charge in [-0.2, -0.15) is 0 Å². The normalized spacial score (nSPS) is 13.2. The van der Waals surface area contributed by atoms with Crippen LogP contribution in [0.4, 0.5) is 22.7 Å². The van der Waals surface area contributed by atoms with Crippen molar-refractivity contribution in [3.63, 3.8) is 0 Å². The molecule has 0 aliphatic carbocycles. The molecule has 0 unspecified atom stereocenters.